The largest absolute Gasteiger partial charge is 0.493 e. The second-order valence-corrected chi connectivity index (χ2v) is 7.94. The maximum atomic E-state index is 11.5. The molecule has 1 aromatic carbocycles. The van der Waals surface area contributed by atoms with E-state index in [9.17, 15) is 4.79 Å². The maximum absolute atomic E-state index is 11.5. The summed E-state index contributed by atoms with van der Waals surface area (Å²) in [6, 6.07) is 8.04. The van der Waals surface area contributed by atoms with Gasteiger partial charge in [-0.2, -0.15) is 0 Å². The van der Waals surface area contributed by atoms with E-state index in [1.54, 1.807) is 0 Å². The number of alkyl carbamates (subject to hydrolysis) is 1. The minimum absolute atomic E-state index is 0.417. The van der Waals surface area contributed by atoms with Crippen molar-refractivity contribution in [2.45, 2.75) is 65.1 Å². The number of rotatable bonds is 8. The highest BCUT2D eigenvalue weighted by atomic mass is 16.6. The van der Waals surface area contributed by atoms with E-state index in [0.717, 1.165) is 17.9 Å². The molecule has 0 atom stereocenters. The molecule has 1 aliphatic rings. The topological polar surface area (TPSA) is 56.8 Å². The van der Waals surface area contributed by atoms with E-state index in [1.807, 2.05) is 45.0 Å². The summed E-state index contributed by atoms with van der Waals surface area (Å²) in [7, 11) is 0. The van der Waals surface area contributed by atoms with Gasteiger partial charge in [0.15, 0.2) is 0 Å². The third-order valence-corrected chi connectivity index (χ3v) is 4.29. The van der Waals surface area contributed by atoms with Gasteiger partial charge in [-0.05, 0) is 57.2 Å². The van der Waals surface area contributed by atoms with E-state index in [4.69, 9.17) is 14.2 Å². The highest BCUT2D eigenvalue weighted by molar-refractivity contribution is 5.67. The zero-order valence-corrected chi connectivity index (χ0v) is 16.4. The second kappa shape index (κ2) is 10.4. The second-order valence-electron chi connectivity index (χ2n) is 7.94. The van der Waals surface area contributed by atoms with Crippen molar-refractivity contribution in [1.82, 2.24) is 5.32 Å². The molecule has 1 aliphatic carbocycles. The fourth-order valence-electron chi connectivity index (χ4n) is 3.02. The van der Waals surface area contributed by atoms with Crippen LogP contribution in [0.25, 0.3) is 0 Å². The molecular weight excluding hydrogens is 330 g/mol. The third-order valence-electron chi connectivity index (χ3n) is 4.29. The molecule has 0 heterocycles. The van der Waals surface area contributed by atoms with Gasteiger partial charge in [0.2, 0.25) is 0 Å². The standard InChI is InChI=1S/C21H33NO4/c1-21(2,3)26-20(23)22-12-13-24-15-18-10-7-11-19(14-18)25-16-17-8-5-4-6-9-17/h7,10-11,14,17H,4-6,8-9,12-13,15-16H2,1-3H3,(H,22,23). The van der Waals surface area contributed by atoms with Gasteiger partial charge in [0, 0.05) is 6.54 Å². The van der Waals surface area contributed by atoms with Crippen LogP contribution in [0.3, 0.4) is 0 Å². The molecule has 1 amide bonds. The van der Waals surface area contributed by atoms with E-state index >= 15 is 0 Å². The Morgan fingerprint density at radius 3 is 2.69 bits per heavy atom. The number of ether oxygens (including phenoxy) is 3. The summed E-state index contributed by atoms with van der Waals surface area (Å²) in [6.07, 6.45) is 6.19. The Hall–Kier alpha value is -1.75. The Morgan fingerprint density at radius 1 is 1.19 bits per heavy atom. The lowest BCUT2D eigenvalue weighted by Gasteiger charge is -2.21. The molecule has 0 spiro atoms. The van der Waals surface area contributed by atoms with Gasteiger partial charge in [-0.25, -0.2) is 4.79 Å². The molecule has 146 valence electrons. The van der Waals surface area contributed by atoms with E-state index in [-0.39, 0.29) is 0 Å². The van der Waals surface area contributed by atoms with Crippen LogP contribution in [-0.2, 0) is 16.1 Å². The van der Waals surface area contributed by atoms with Gasteiger partial charge in [-0.1, -0.05) is 31.4 Å². The van der Waals surface area contributed by atoms with E-state index in [1.165, 1.54) is 32.1 Å². The van der Waals surface area contributed by atoms with Crippen molar-refractivity contribution >= 4 is 6.09 Å². The van der Waals surface area contributed by atoms with Crippen LogP contribution >= 0.6 is 0 Å². The summed E-state index contributed by atoms with van der Waals surface area (Å²) in [5, 5.41) is 2.68. The van der Waals surface area contributed by atoms with Gasteiger partial charge in [0.1, 0.15) is 11.4 Å². The predicted molar refractivity (Wildman–Crippen MR) is 102 cm³/mol. The first-order chi connectivity index (χ1) is 12.4. The molecule has 5 heteroatoms. The molecule has 1 N–H and O–H groups in total. The smallest absolute Gasteiger partial charge is 0.407 e. The van der Waals surface area contributed by atoms with Crippen LogP contribution in [0.4, 0.5) is 4.79 Å². The van der Waals surface area contributed by atoms with Crippen molar-refractivity contribution in [3.8, 4) is 5.75 Å². The molecule has 1 fully saturated rings. The van der Waals surface area contributed by atoms with Crippen molar-refractivity contribution in [2.75, 3.05) is 19.8 Å². The number of carbonyl (C=O) groups excluding carboxylic acids is 1. The number of hydrogen-bond acceptors (Lipinski definition) is 4. The Labute approximate surface area is 157 Å². The first-order valence-electron chi connectivity index (χ1n) is 9.69. The van der Waals surface area contributed by atoms with E-state index in [2.05, 4.69) is 5.32 Å². The molecule has 26 heavy (non-hydrogen) atoms. The van der Waals surface area contributed by atoms with Crippen LogP contribution in [0, 0.1) is 5.92 Å². The fourth-order valence-corrected chi connectivity index (χ4v) is 3.02. The summed E-state index contributed by atoms with van der Waals surface area (Å²) in [5.41, 5.74) is 0.589. The van der Waals surface area contributed by atoms with Crippen molar-refractivity contribution < 1.29 is 19.0 Å². The Kier molecular flexibility index (Phi) is 8.23. The predicted octanol–water partition coefficient (Wildman–Crippen LogP) is 4.69. The Morgan fingerprint density at radius 2 is 1.96 bits per heavy atom. The Bertz CT molecular complexity index is 547. The fraction of sp³-hybridized carbons (Fsp3) is 0.667. The minimum Gasteiger partial charge on any atom is -0.493 e. The van der Waals surface area contributed by atoms with Gasteiger partial charge in [-0.15, -0.1) is 0 Å². The molecule has 0 bridgehead atoms. The van der Waals surface area contributed by atoms with Gasteiger partial charge in [-0.3, -0.25) is 0 Å². The Balaban J connectivity index is 1.62. The third kappa shape index (κ3) is 8.56. The average Bonchev–Trinajstić information content (AvgIpc) is 2.59. The van der Waals surface area contributed by atoms with Gasteiger partial charge >= 0.3 is 6.09 Å². The number of hydrogen-bond donors (Lipinski definition) is 1. The number of benzene rings is 1. The molecule has 0 aliphatic heterocycles. The monoisotopic (exact) mass is 363 g/mol. The molecule has 1 saturated carbocycles. The minimum atomic E-state index is -0.483. The van der Waals surface area contributed by atoms with Crippen molar-refractivity contribution in [2.24, 2.45) is 5.92 Å². The summed E-state index contributed by atoms with van der Waals surface area (Å²) in [4.78, 5) is 11.5. The SMILES string of the molecule is CC(C)(C)OC(=O)NCCOCc1cccc(OCC2CCCCC2)c1. The van der Waals surface area contributed by atoms with Crippen LogP contribution in [0.15, 0.2) is 24.3 Å². The van der Waals surface area contributed by atoms with Crippen LogP contribution in [-0.4, -0.2) is 31.5 Å². The first kappa shape index (κ1) is 20.6. The summed E-state index contributed by atoms with van der Waals surface area (Å²) in [5.74, 6) is 1.60. The lowest BCUT2D eigenvalue weighted by atomic mass is 9.90. The summed E-state index contributed by atoms with van der Waals surface area (Å²) >= 11 is 0. The van der Waals surface area contributed by atoms with E-state index < -0.39 is 11.7 Å². The quantitative estimate of drug-likeness (QED) is 0.681. The summed E-state index contributed by atoms with van der Waals surface area (Å²) in [6.45, 7) is 7.69. The van der Waals surface area contributed by atoms with Crippen LogP contribution in [0.5, 0.6) is 5.75 Å². The lowest BCUT2D eigenvalue weighted by molar-refractivity contribution is 0.0494. The van der Waals surface area contributed by atoms with Crippen LogP contribution in [0.1, 0.15) is 58.4 Å². The molecule has 5 nitrogen and oxygen atoms in total. The number of amides is 1. The molecule has 2 rings (SSSR count). The van der Waals surface area contributed by atoms with Crippen molar-refractivity contribution in [3.05, 3.63) is 29.8 Å². The van der Waals surface area contributed by atoms with Gasteiger partial charge in [0.25, 0.3) is 0 Å². The molecule has 0 radical (unpaired) electrons. The molecular formula is C21H33NO4. The van der Waals surface area contributed by atoms with E-state index in [0.29, 0.717) is 25.7 Å². The molecule has 0 aromatic heterocycles. The lowest BCUT2D eigenvalue weighted by Crippen LogP contribution is -2.34. The number of nitrogens with one attached hydrogen (secondary N) is 1. The highest BCUT2D eigenvalue weighted by Gasteiger charge is 2.15. The average molecular weight is 363 g/mol. The molecule has 0 unspecified atom stereocenters. The first-order valence-corrected chi connectivity index (χ1v) is 9.69. The van der Waals surface area contributed by atoms with Gasteiger partial charge in [0.05, 0.1) is 19.8 Å². The van der Waals surface area contributed by atoms with Crippen LogP contribution < -0.4 is 10.1 Å². The van der Waals surface area contributed by atoms with Crippen LogP contribution in [0.2, 0.25) is 0 Å². The molecule has 0 saturated heterocycles. The normalized spacial score (nSPS) is 15.5. The zero-order chi connectivity index (χ0) is 18.8. The van der Waals surface area contributed by atoms with Gasteiger partial charge < -0.3 is 19.5 Å². The van der Waals surface area contributed by atoms with Crippen molar-refractivity contribution in [3.63, 3.8) is 0 Å². The maximum Gasteiger partial charge on any atom is 0.407 e. The molecule has 1 aromatic rings. The number of carbonyl (C=O) groups is 1. The van der Waals surface area contributed by atoms with Crippen molar-refractivity contribution in [1.29, 1.82) is 0 Å². The summed E-state index contributed by atoms with van der Waals surface area (Å²) < 4.78 is 16.8. The zero-order valence-electron chi connectivity index (χ0n) is 16.4. The highest BCUT2D eigenvalue weighted by Crippen LogP contribution is 2.25.